The summed E-state index contributed by atoms with van der Waals surface area (Å²) in [7, 11) is 0. The van der Waals surface area contributed by atoms with E-state index in [9.17, 15) is 9.90 Å². The second-order valence-electron chi connectivity index (χ2n) is 5.34. The molecule has 1 saturated carbocycles. The Balaban J connectivity index is 1.82. The molecule has 6 nitrogen and oxygen atoms in total. The fraction of sp³-hybridized carbons (Fsp3) is 0.429. The maximum absolute atomic E-state index is 11.5. The second kappa shape index (κ2) is 5.55. The molecule has 0 aromatic carbocycles. The van der Waals surface area contributed by atoms with Crippen molar-refractivity contribution in [1.82, 2.24) is 15.1 Å². The Morgan fingerprint density at radius 3 is 2.76 bits per heavy atom. The number of rotatable bonds is 4. The Labute approximate surface area is 129 Å². The predicted octanol–water partition coefficient (Wildman–Crippen LogP) is 3.08. The molecule has 0 atom stereocenters. The van der Waals surface area contributed by atoms with Crippen LogP contribution >= 0.6 is 15.9 Å². The number of aliphatic carboxylic acids is 1. The molecule has 0 unspecified atom stereocenters. The van der Waals surface area contributed by atoms with Crippen molar-refractivity contribution in [3.05, 3.63) is 28.7 Å². The summed E-state index contributed by atoms with van der Waals surface area (Å²) < 4.78 is 6.08. The highest BCUT2D eigenvalue weighted by Crippen LogP contribution is 2.41. The largest absolute Gasteiger partial charge is 0.481 e. The minimum atomic E-state index is -0.776. The highest BCUT2D eigenvalue weighted by Gasteiger charge is 2.42. The zero-order valence-electron chi connectivity index (χ0n) is 11.3. The van der Waals surface area contributed by atoms with Gasteiger partial charge in [-0.15, -0.1) is 0 Å². The Hall–Kier alpha value is -1.76. The molecule has 110 valence electrons. The number of carbonyl (C=O) groups is 1. The Bertz CT molecular complexity index is 648. The minimum Gasteiger partial charge on any atom is -0.481 e. The number of nitrogens with zero attached hydrogens (tertiary/aromatic N) is 3. The van der Waals surface area contributed by atoms with Gasteiger partial charge in [0.05, 0.1) is 5.41 Å². The number of hydrogen-bond acceptors (Lipinski definition) is 5. The monoisotopic (exact) mass is 351 g/mol. The second-order valence-corrected chi connectivity index (χ2v) is 6.26. The molecular weight excluding hydrogens is 338 g/mol. The highest BCUT2D eigenvalue weighted by atomic mass is 79.9. The van der Waals surface area contributed by atoms with Crippen LogP contribution < -0.4 is 0 Å². The van der Waals surface area contributed by atoms with E-state index in [1.165, 1.54) is 0 Å². The normalized spacial score (nSPS) is 17.0. The van der Waals surface area contributed by atoms with Crippen LogP contribution in [0.25, 0.3) is 11.5 Å². The van der Waals surface area contributed by atoms with Crippen molar-refractivity contribution in [1.29, 1.82) is 0 Å². The summed E-state index contributed by atoms with van der Waals surface area (Å²) in [5.74, 6) is -0.0310. The van der Waals surface area contributed by atoms with Crippen LogP contribution in [-0.4, -0.2) is 26.2 Å². The van der Waals surface area contributed by atoms with E-state index in [1.807, 2.05) is 6.07 Å². The first-order valence-corrected chi connectivity index (χ1v) is 7.56. The van der Waals surface area contributed by atoms with E-state index in [-0.39, 0.29) is 6.42 Å². The van der Waals surface area contributed by atoms with Gasteiger partial charge in [0.15, 0.2) is 0 Å². The average molecular weight is 352 g/mol. The Kier molecular flexibility index (Phi) is 3.75. The van der Waals surface area contributed by atoms with Crippen LogP contribution in [0.4, 0.5) is 0 Å². The minimum absolute atomic E-state index is 0.284. The Morgan fingerprint density at radius 1 is 1.38 bits per heavy atom. The van der Waals surface area contributed by atoms with Crippen molar-refractivity contribution in [2.75, 3.05) is 0 Å². The van der Waals surface area contributed by atoms with Gasteiger partial charge in [-0.3, -0.25) is 9.78 Å². The maximum Gasteiger partial charge on any atom is 0.310 e. The topological polar surface area (TPSA) is 89.1 Å². The number of halogens is 1. The fourth-order valence-corrected chi connectivity index (χ4v) is 2.98. The summed E-state index contributed by atoms with van der Waals surface area (Å²) in [5.41, 5.74) is -0.152. The molecule has 0 amide bonds. The van der Waals surface area contributed by atoms with E-state index in [0.29, 0.717) is 30.3 Å². The summed E-state index contributed by atoms with van der Waals surface area (Å²) >= 11 is 3.31. The van der Waals surface area contributed by atoms with Gasteiger partial charge in [-0.05, 0) is 40.9 Å². The molecule has 1 fully saturated rings. The van der Waals surface area contributed by atoms with Gasteiger partial charge in [0.1, 0.15) is 5.69 Å². The van der Waals surface area contributed by atoms with E-state index in [4.69, 9.17) is 4.52 Å². The van der Waals surface area contributed by atoms with Crippen molar-refractivity contribution in [2.24, 2.45) is 5.41 Å². The lowest BCUT2D eigenvalue weighted by Crippen LogP contribution is -2.30. The lowest BCUT2D eigenvalue weighted by Gasteiger charge is -2.21. The molecule has 0 radical (unpaired) electrons. The molecule has 3 rings (SSSR count). The van der Waals surface area contributed by atoms with E-state index in [0.717, 1.165) is 17.3 Å². The maximum atomic E-state index is 11.5. The lowest BCUT2D eigenvalue weighted by molar-refractivity contribution is -0.148. The number of hydrogen-bond donors (Lipinski definition) is 1. The van der Waals surface area contributed by atoms with Crippen LogP contribution in [0.2, 0.25) is 0 Å². The molecule has 2 aromatic heterocycles. The molecule has 0 saturated heterocycles. The molecule has 2 aromatic rings. The first kappa shape index (κ1) is 14.2. The van der Waals surface area contributed by atoms with Gasteiger partial charge >= 0.3 is 5.97 Å². The molecular formula is C14H14BrN3O3. The molecule has 7 heteroatoms. The molecule has 0 spiro atoms. The highest BCUT2D eigenvalue weighted by molar-refractivity contribution is 9.10. The molecule has 21 heavy (non-hydrogen) atoms. The van der Waals surface area contributed by atoms with Crippen molar-refractivity contribution in [3.8, 4) is 11.5 Å². The quantitative estimate of drug-likeness (QED) is 0.910. The van der Waals surface area contributed by atoms with Crippen molar-refractivity contribution < 1.29 is 14.4 Å². The van der Waals surface area contributed by atoms with Crippen LogP contribution in [-0.2, 0) is 11.2 Å². The smallest absolute Gasteiger partial charge is 0.310 e. The summed E-state index contributed by atoms with van der Waals surface area (Å²) in [5, 5.41) is 13.4. The summed E-state index contributed by atoms with van der Waals surface area (Å²) in [6.45, 7) is 0. The van der Waals surface area contributed by atoms with E-state index < -0.39 is 11.4 Å². The number of carboxylic acids is 1. The molecule has 0 aliphatic heterocycles. The van der Waals surface area contributed by atoms with Crippen LogP contribution in [0.5, 0.6) is 0 Å². The first-order chi connectivity index (χ1) is 10.1. The summed E-state index contributed by atoms with van der Waals surface area (Å²) in [6, 6.07) is 3.62. The van der Waals surface area contributed by atoms with Gasteiger partial charge in [-0.1, -0.05) is 18.0 Å². The van der Waals surface area contributed by atoms with Gasteiger partial charge in [0.2, 0.25) is 11.7 Å². The van der Waals surface area contributed by atoms with Crippen LogP contribution in [0.3, 0.4) is 0 Å². The molecule has 1 N–H and O–H groups in total. The van der Waals surface area contributed by atoms with Gasteiger partial charge < -0.3 is 9.63 Å². The Morgan fingerprint density at radius 2 is 2.14 bits per heavy atom. The van der Waals surface area contributed by atoms with E-state index in [2.05, 4.69) is 31.1 Å². The van der Waals surface area contributed by atoms with E-state index in [1.54, 1.807) is 12.3 Å². The van der Waals surface area contributed by atoms with E-state index >= 15 is 0 Å². The molecule has 1 aliphatic carbocycles. The molecule has 2 heterocycles. The lowest BCUT2D eigenvalue weighted by atomic mass is 9.83. The standard InChI is InChI=1S/C14H14BrN3O3/c15-9-3-4-10(16-8-9)12-17-11(21-18-12)7-14(13(19)20)5-1-2-6-14/h3-4,8H,1-2,5-7H2,(H,19,20). The third-order valence-corrected chi connectivity index (χ3v) is 4.40. The van der Waals surface area contributed by atoms with Gasteiger partial charge in [-0.25, -0.2) is 0 Å². The van der Waals surface area contributed by atoms with Gasteiger partial charge in [-0.2, -0.15) is 4.98 Å². The number of carboxylic acid groups (broad SMARTS) is 1. The number of aromatic nitrogens is 3. The third kappa shape index (κ3) is 2.83. The number of pyridine rings is 1. The fourth-order valence-electron chi connectivity index (χ4n) is 2.75. The SMILES string of the molecule is O=C(O)C1(Cc2nc(-c3ccc(Br)cn3)no2)CCCC1. The zero-order chi connectivity index (χ0) is 14.9. The van der Waals surface area contributed by atoms with Gasteiger partial charge in [0.25, 0.3) is 0 Å². The van der Waals surface area contributed by atoms with Crippen LogP contribution in [0.1, 0.15) is 31.6 Å². The van der Waals surface area contributed by atoms with Gasteiger partial charge in [0, 0.05) is 17.1 Å². The summed E-state index contributed by atoms with van der Waals surface area (Å²) in [4.78, 5) is 20.0. The van der Waals surface area contributed by atoms with Crippen LogP contribution in [0, 0.1) is 5.41 Å². The average Bonchev–Trinajstić information content (AvgIpc) is 3.10. The molecule has 0 bridgehead atoms. The van der Waals surface area contributed by atoms with Crippen molar-refractivity contribution >= 4 is 21.9 Å². The first-order valence-electron chi connectivity index (χ1n) is 6.77. The predicted molar refractivity (Wildman–Crippen MR) is 77.5 cm³/mol. The zero-order valence-corrected chi connectivity index (χ0v) is 12.8. The van der Waals surface area contributed by atoms with Crippen molar-refractivity contribution in [2.45, 2.75) is 32.1 Å². The van der Waals surface area contributed by atoms with Crippen molar-refractivity contribution in [3.63, 3.8) is 0 Å². The van der Waals surface area contributed by atoms with Crippen LogP contribution in [0.15, 0.2) is 27.3 Å². The summed E-state index contributed by atoms with van der Waals surface area (Å²) in [6.07, 6.45) is 5.13. The third-order valence-electron chi connectivity index (χ3n) is 3.93. The molecule has 1 aliphatic rings.